The van der Waals surface area contributed by atoms with Crippen LogP contribution in [0.3, 0.4) is 0 Å². The summed E-state index contributed by atoms with van der Waals surface area (Å²) in [5, 5.41) is 0. The van der Waals surface area contributed by atoms with Gasteiger partial charge in [-0.2, -0.15) is 0 Å². The van der Waals surface area contributed by atoms with Crippen molar-refractivity contribution in [3.8, 4) is 0 Å². The van der Waals surface area contributed by atoms with Crippen molar-refractivity contribution in [3.63, 3.8) is 0 Å². The number of hydrogen-bond donors (Lipinski definition) is 0. The van der Waals surface area contributed by atoms with Crippen LogP contribution in [0.5, 0.6) is 0 Å². The molecule has 0 spiro atoms. The van der Waals surface area contributed by atoms with Crippen LogP contribution in [0.2, 0.25) is 0 Å². The molecule has 1 heteroatoms. The molecule has 0 heterocycles. The van der Waals surface area contributed by atoms with E-state index in [1.54, 1.807) is 0 Å². The Morgan fingerprint density at radius 3 is 2.24 bits per heavy atom. The van der Waals surface area contributed by atoms with Gasteiger partial charge in [-0.25, -0.2) is 0 Å². The molecule has 0 saturated carbocycles. The van der Waals surface area contributed by atoms with E-state index in [4.69, 9.17) is 0 Å². The zero-order chi connectivity index (χ0) is 22.1. The SMILES string of the molecule is C=CC\C=C/C(=C\CC)C(/C=C(\C)C/C=C\C=C/CC)=C(\CC)C(C)CN(C)C. The summed E-state index contributed by atoms with van der Waals surface area (Å²) in [5.41, 5.74) is 5.67. The summed E-state index contributed by atoms with van der Waals surface area (Å²) in [5.74, 6) is 0.519. The van der Waals surface area contributed by atoms with Gasteiger partial charge in [0.25, 0.3) is 0 Å². The predicted molar refractivity (Wildman–Crippen MR) is 134 cm³/mol. The average Bonchev–Trinajstić information content (AvgIpc) is 2.66. The predicted octanol–water partition coefficient (Wildman–Crippen LogP) is 8.22. The maximum Gasteiger partial charge on any atom is 0.00386 e. The maximum atomic E-state index is 3.85. The van der Waals surface area contributed by atoms with E-state index in [0.29, 0.717) is 5.92 Å². The molecule has 0 amide bonds. The highest BCUT2D eigenvalue weighted by atomic mass is 15.1. The van der Waals surface area contributed by atoms with Crippen LogP contribution in [0, 0.1) is 5.92 Å². The molecule has 0 rings (SSSR count). The first-order chi connectivity index (χ1) is 13.9. The molecule has 0 radical (unpaired) electrons. The fraction of sp³-hybridized carbons (Fsp3) is 0.500. The van der Waals surface area contributed by atoms with E-state index < -0.39 is 0 Å². The van der Waals surface area contributed by atoms with E-state index in [-0.39, 0.29) is 0 Å². The molecule has 0 aliphatic carbocycles. The highest BCUT2D eigenvalue weighted by molar-refractivity contribution is 5.51. The summed E-state index contributed by atoms with van der Waals surface area (Å²) < 4.78 is 0. The summed E-state index contributed by atoms with van der Waals surface area (Å²) >= 11 is 0. The van der Waals surface area contributed by atoms with Crippen LogP contribution >= 0.6 is 0 Å². The Balaban J connectivity index is 6.13. The molecule has 0 fully saturated rings. The van der Waals surface area contributed by atoms with Crippen molar-refractivity contribution in [1.82, 2.24) is 4.90 Å². The lowest BCUT2D eigenvalue weighted by Crippen LogP contribution is -2.21. The molecular formula is C28H45N. The van der Waals surface area contributed by atoms with Gasteiger partial charge in [-0.15, -0.1) is 6.58 Å². The van der Waals surface area contributed by atoms with Gasteiger partial charge in [0.2, 0.25) is 0 Å². The molecule has 1 nitrogen and oxygen atoms in total. The Labute approximate surface area is 182 Å². The van der Waals surface area contributed by atoms with E-state index in [1.807, 2.05) is 6.08 Å². The van der Waals surface area contributed by atoms with Crippen LogP contribution in [0.25, 0.3) is 0 Å². The molecule has 0 aromatic carbocycles. The van der Waals surface area contributed by atoms with Crippen molar-refractivity contribution in [2.75, 3.05) is 20.6 Å². The third kappa shape index (κ3) is 12.3. The summed E-state index contributed by atoms with van der Waals surface area (Å²) in [6, 6.07) is 0. The third-order valence-corrected chi connectivity index (χ3v) is 4.75. The maximum absolute atomic E-state index is 3.85. The molecule has 1 atom stereocenters. The normalized spacial score (nSPS) is 15.7. The third-order valence-electron chi connectivity index (χ3n) is 4.75. The molecule has 0 aromatic heterocycles. The first kappa shape index (κ1) is 27.1. The van der Waals surface area contributed by atoms with Crippen LogP contribution in [0.1, 0.15) is 66.7 Å². The Morgan fingerprint density at radius 2 is 1.69 bits per heavy atom. The van der Waals surface area contributed by atoms with Crippen LogP contribution in [-0.4, -0.2) is 25.5 Å². The minimum Gasteiger partial charge on any atom is -0.309 e. The Bertz CT molecular complexity index is 635. The Hall–Kier alpha value is -1.86. The van der Waals surface area contributed by atoms with Gasteiger partial charge < -0.3 is 4.90 Å². The second kappa shape index (κ2) is 17.0. The second-order valence-corrected chi connectivity index (χ2v) is 7.91. The van der Waals surface area contributed by atoms with Crippen molar-refractivity contribution in [1.29, 1.82) is 0 Å². The van der Waals surface area contributed by atoms with Gasteiger partial charge in [0.15, 0.2) is 0 Å². The number of allylic oxidation sites excluding steroid dienone is 12. The van der Waals surface area contributed by atoms with Gasteiger partial charge in [-0.3, -0.25) is 0 Å². The Kier molecular flexibility index (Phi) is 15.9. The molecule has 29 heavy (non-hydrogen) atoms. The first-order valence-electron chi connectivity index (χ1n) is 11.3. The van der Waals surface area contributed by atoms with Crippen LogP contribution < -0.4 is 0 Å². The molecule has 0 aliphatic rings. The summed E-state index contributed by atoms with van der Waals surface area (Å²) in [6.07, 6.45) is 25.0. The van der Waals surface area contributed by atoms with Crippen molar-refractivity contribution < 1.29 is 0 Å². The quantitative estimate of drug-likeness (QED) is 0.211. The number of nitrogens with zero attached hydrogens (tertiary/aromatic N) is 1. The van der Waals surface area contributed by atoms with Crippen LogP contribution in [0.15, 0.2) is 83.6 Å². The summed E-state index contributed by atoms with van der Waals surface area (Å²) in [6.45, 7) is 16.2. The Morgan fingerprint density at radius 1 is 1.00 bits per heavy atom. The average molecular weight is 396 g/mol. The zero-order valence-corrected chi connectivity index (χ0v) is 20.2. The number of hydrogen-bond acceptors (Lipinski definition) is 1. The standard InChI is InChI=1S/C28H45N/c1-9-13-15-16-18-20-24(5)22-28(26(19-11-3)21-17-14-10-2)27(12-4)25(6)23-29(7)8/h10,13,15-19,21-22,25H,2,9,11-12,14,20,23H2,1,3-8H3/b15-13-,18-16-,21-17-,24-22+,26-19+,28-27+. The lowest BCUT2D eigenvalue weighted by atomic mass is 9.87. The highest BCUT2D eigenvalue weighted by Crippen LogP contribution is 2.28. The summed E-state index contributed by atoms with van der Waals surface area (Å²) in [7, 11) is 4.32. The number of rotatable bonds is 14. The van der Waals surface area contributed by atoms with E-state index in [1.165, 1.54) is 22.3 Å². The monoisotopic (exact) mass is 395 g/mol. The minimum absolute atomic E-state index is 0.519. The summed E-state index contributed by atoms with van der Waals surface area (Å²) in [4.78, 5) is 2.29. The largest absolute Gasteiger partial charge is 0.309 e. The molecule has 0 saturated heterocycles. The molecule has 0 aliphatic heterocycles. The topological polar surface area (TPSA) is 3.24 Å². The fourth-order valence-corrected chi connectivity index (χ4v) is 3.46. The van der Waals surface area contributed by atoms with Gasteiger partial charge in [0.05, 0.1) is 0 Å². The van der Waals surface area contributed by atoms with Crippen LogP contribution in [-0.2, 0) is 0 Å². The van der Waals surface area contributed by atoms with Crippen molar-refractivity contribution in [2.24, 2.45) is 5.92 Å². The van der Waals surface area contributed by atoms with Crippen molar-refractivity contribution >= 4 is 0 Å². The minimum atomic E-state index is 0.519. The highest BCUT2D eigenvalue weighted by Gasteiger charge is 2.14. The lowest BCUT2D eigenvalue weighted by molar-refractivity contribution is 0.359. The van der Waals surface area contributed by atoms with E-state index in [2.05, 4.69) is 109 Å². The van der Waals surface area contributed by atoms with Crippen LogP contribution in [0.4, 0.5) is 0 Å². The fourth-order valence-electron chi connectivity index (χ4n) is 3.46. The van der Waals surface area contributed by atoms with Crippen molar-refractivity contribution in [3.05, 3.63) is 83.6 Å². The molecule has 0 N–H and O–H groups in total. The van der Waals surface area contributed by atoms with E-state index in [9.17, 15) is 0 Å². The second-order valence-electron chi connectivity index (χ2n) is 7.91. The molecule has 0 bridgehead atoms. The van der Waals surface area contributed by atoms with Gasteiger partial charge >= 0.3 is 0 Å². The zero-order valence-electron chi connectivity index (χ0n) is 20.2. The van der Waals surface area contributed by atoms with E-state index >= 15 is 0 Å². The molecule has 1 unspecified atom stereocenters. The smallest absolute Gasteiger partial charge is 0.00386 e. The first-order valence-corrected chi connectivity index (χ1v) is 11.3. The van der Waals surface area contributed by atoms with Gasteiger partial charge in [0.1, 0.15) is 0 Å². The lowest BCUT2D eigenvalue weighted by Gasteiger charge is -2.23. The van der Waals surface area contributed by atoms with Gasteiger partial charge in [0, 0.05) is 6.54 Å². The molecule has 162 valence electrons. The van der Waals surface area contributed by atoms with Crippen molar-refractivity contribution in [2.45, 2.75) is 66.7 Å². The van der Waals surface area contributed by atoms with Gasteiger partial charge in [-0.05, 0) is 70.2 Å². The molecular weight excluding hydrogens is 350 g/mol. The van der Waals surface area contributed by atoms with E-state index in [0.717, 1.165) is 38.6 Å². The van der Waals surface area contributed by atoms with Gasteiger partial charge in [-0.1, -0.05) is 93.5 Å². The molecule has 0 aromatic rings.